The summed E-state index contributed by atoms with van der Waals surface area (Å²) < 4.78 is 14.0. The van der Waals surface area contributed by atoms with Gasteiger partial charge in [0.1, 0.15) is 11.4 Å². The monoisotopic (exact) mass is 613 g/mol. The van der Waals surface area contributed by atoms with E-state index in [0.29, 0.717) is 26.1 Å². The molecule has 9 nitrogen and oxygen atoms in total. The fraction of sp³-hybridized carbons (Fsp3) is 0.533. The molecule has 0 saturated carbocycles. The second-order valence-corrected chi connectivity index (χ2v) is 12.3. The van der Waals surface area contributed by atoms with Crippen molar-refractivity contribution in [2.75, 3.05) is 26.8 Å². The number of hydrogen-bond acceptors (Lipinski definition) is 6. The van der Waals surface area contributed by atoms with Gasteiger partial charge in [-0.15, -0.1) is 0 Å². The topological polar surface area (TPSA) is 98.6 Å². The number of aromatic nitrogens is 3. The van der Waals surface area contributed by atoms with Crippen LogP contribution in [0.15, 0.2) is 47.2 Å². The molecule has 1 N–H and O–H groups in total. The lowest BCUT2D eigenvalue weighted by molar-refractivity contribution is -0.132. The second kappa shape index (κ2) is 13.6. The van der Waals surface area contributed by atoms with Crippen molar-refractivity contribution in [2.45, 2.75) is 77.0 Å². The summed E-state index contributed by atoms with van der Waals surface area (Å²) in [6.07, 6.45) is 6.55. The molecule has 2 atom stereocenters. The molecular weight excluding hydrogens is 574 g/mol. The first kappa shape index (κ1) is 30.0. The third-order valence-electron chi connectivity index (χ3n) is 6.99. The Morgan fingerprint density at radius 3 is 2.70 bits per heavy atom. The van der Waals surface area contributed by atoms with Gasteiger partial charge in [-0.25, -0.2) is 9.78 Å². The van der Waals surface area contributed by atoms with Crippen LogP contribution < -0.4 is 5.32 Å². The number of piperidine rings is 1. The van der Waals surface area contributed by atoms with E-state index in [2.05, 4.69) is 30.8 Å². The van der Waals surface area contributed by atoms with E-state index >= 15 is 0 Å². The number of aryl methyl sites for hydroxylation is 1. The summed E-state index contributed by atoms with van der Waals surface area (Å²) in [6.45, 7) is 8.22. The molecule has 1 saturated heterocycles. The minimum atomic E-state index is -0.624. The van der Waals surface area contributed by atoms with Crippen LogP contribution in [0.5, 0.6) is 0 Å². The van der Waals surface area contributed by atoms with Crippen LogP contribution in [-0.2, 0) is 27.2 Å². The Morgan fingerprint density at radius 2 is 1.98 bits per heavy atom. The van der Waals surface area contributed by atoms with Crippen molar-refractivity contribution in [3.63, 3.8) is 0 Å². The van der Waals surface area contributed by atoms with E-state index < -0.39 is 17.7 Å². The number of pyridine rings is 1. The number of likely N-dealkylation sites (tertiary alicyclic amines) is 1. The Bertz CT molecular complexity index is 1290. The Hall–Kier alpha value is -2.98. The summed E-state index contributed by atoms with van der Waals surface area (Å²) in [4.78, 5) is 37.5. The first-order chi connectivity index (χ1) is 19.1. The predicted molar refractivity (Wildman–Crippen MR) is 158 cm³/mol. The fourth-order valence-corrected chi connectivity index (χ4v) is 5.47. The SMILES string of the molecule is COCCCn1c([C@@H]2CCCN(C(=O)C[C@@H](Cc3ccc(Br)cc3)NC(=O)OC(C)(C)C)C2)nc2ccncc21. The summed E-state index contributed by atoms with van der Waals surface area (Å²) in [6, 6.07) is 9.47. The molecule has 0 unspecified atom stereocenters. The maximum Gasteiger partial charge on any atom is 0.407 e. The summed E-state index contributed by atoms with van der Waals surface area (Å²) in [7, 11) is 1.71. The summed E-state index contributed by atoms with van der Waals surface area (Å²) in [5.41, 5.74) is 2.34. The van der Waals surface area contributed by atoms with E-state index in [-0.39, 0.29) is 18.2 Å². The zero-order chi connectivity index (χ0) is 28.7. The van der Waals surface area contributed by atoms with Crippen molar-refractivity contribution >= 4 is 39.0 Å². The highest BCUT2D eigenvalue weighted by Crippen LogP contribution is 2.30. The number of carbonyl (C=O) groups excluding carboxylic acids is 2. The number of amides is 2. The highest BCUT2D eigenvalue weighted by molar-refractivity contribution is 9.10. The molecule has 40 heavy (non-hydrogen) atoms. The van der Waals surface area contributed by atoms with Crippen molar-refractivity contribution < 1.29 is 19.1 Å². The van der Waals surface area contributed by atoms with Gasteiger partial charge in [0.25, 0.3) is 0 Å². The number of fused-ring (bicyclic) bond motifs is 1. The maximum absolute atomic E-state index is 13.6. The number of nitrogens with one attached hydrogen (secondary N) is 1. The van der Waals surface area contributed by atoms with Gasteiger partial charge >= 0.3 is 6.09 Å². The number of benzene rings is 1. The molecule has 3 heterocycles. The smallest absolute Gasteiger partial charge is 0.407 e. The predicted octanol–water partition coefficient (Wildman–Crippen LogP) is 5.46. The van der Waals surface area contributed by atoms with Crippen molar-refractivity contribution in [3.8, 4) is 0 Å². The van der Waals surface area contributed by atoms with Gasteiger partial charge in [-0.05, 0) is 70.2 Å². The zero-order valence-electron chi connectivity index (χ0n) is 23.9. The summed E-state index contributed by atoms with van der Waals surface area (Å²) in [5.74, 6) is 1.14. The molecule has 2 aromatic heterocycles. The van der Waals surface area contributed by atoms with Gasteiger partial charge in [0.05, 0.1) is 17.2 Å². The van der Waals surface area contributed by atoms with E-state index in [9.17, 15) is 9.59 Å². The van der Waals surface area contributed by atoms with Gasteiger partial charge in [0, 0.05) is 62.4 Å². The van der Waals surface area contributed by atoms with Crippen LogP contribution in [0, 0.1) is 0 Å². The van der Waals surface area contributed by atoms with Crippen molar-refractivity contribution in [1.82, 2.24) is 24.8 Å². The van der Waals surface area contributed by atoms with Crippen LogP contribution in [0.1, 0.15) is 63.8 Å². The first-order valence-electron chi connectivity index (χ1n) is 13.9. The van der Waals surface area contributed by atoms with Crippen LogP contribution in [-0.4, -0.2) is 69.9 Å². The van der Waals surface area contributed by atoms with Gasteiger partial charge < -0.3 is 24.3 Å². The molecule has 10 heteroatoms. The van der Waals surface area contributed by atoms with E-state index in [4.69, 9.17) is 14.5 Å². The third-order valence-corrected chi connectivity index (χ3v) is 7.52. The van der Waals surface area contributed by atoms with Gasteiger partial charge in [-0.3, -0.25) is 9.78 Å². The standard InChI is InChI=1S/C30H40BrN5O4/c1-30(2,3)40-29(38)33-24(17-21-8-10-23(31)11-9-21)18-27(37)35-14-5-7-22(20-35)28-34-25-12-13-32-19-26(25)36(28)15-6-16-39-4/h8-13,19,22,24H,5-7,14-18,20H2,1-4H3,(H,33,38)/t22-,24-/m1/s1. The highest BCUT2D eigenvalue weighted by Gasteiger charge is 2.30. The van der Waals surface area contributed by atoms with Gasteiger partial charge in [0.2, 0.25) is 5.91 Å². The van der Waals surface area contributed by atoms with Crippen LogP contribution in [0.3, 0.4) is 0 Å². The number of rotatable bonds is 10. The normalized spacial score (nSPS) is 16.6. The van der Waals surface area contributed by atoms with Crippen molar-refractivity contribution in [2.24, 2.45) is 0 Å². The molecule has 2 amide bonds. The van der Waals surface area contributed by atoms with Crippen molar-refractivity contribution in [1.29, 1.82) is 0 Å². The molecule has 0 spiro atoms. The number of hydrogen-bond donors (Lipinski definition) is 1. The number of alkyl carbamates (subject to hydrolysis) is 1. The molecule has 3 aromatic rings. The minimum Gasteiger partial charge on any atom is -0.444 e. The molecule has 0 aliphatic carbocycles. The number of methoxy groups -OCH3 is 1. The van der Waals surface area contributed by atoms with Gasteiger partial charge in [-0.1, -0.05) is 28.1 Å². The molecule has 1 aliphatic heterocycles. The number of ether oxygens (including phenoxy) is 2. The number of halogens is 1. The van der Waals surface area contributed by atoms with Crippen LogP contribution in [0.2, 0.25) is 0 Å². The zero-order valence-corrected chi connectivity index (χ0v) is 25.4. The largest absolute Gasteiger partial charge is 0.444 e. The molecule has 1 aliphatic rings. The number of carbonyl (C=O) groups is 2. The van der Waals surface area contributed by atoms with E-state index in [1.54, 1.807) is 13.3 Å². The first-order valence-corrected chi connectivity index (χ1v) is 14.7. The Labute approximate surface area is 244 Å². The number of imidazole rings is 1. The average molecular weight is 615 g/mol. The Kier molecular flexibility index (Phi) is 10.2. The fourth-order valence-electron chi connectivity index (χ4n) is 5.21. The van der Waals surface area contributed by atoms with E-state index in [0.717, 1.165) is 52.7 Å². The summed E-state index contributed by atoms with van der Waals surface area (Å²) in [5, 5.41) is 2.95. The minimum absolute atomic E-state index is 0.0200. The molecule has 1 fully saturated rings. The second-order valence-electron chi connectivity index (χ2n) is 11.4. The number of nitrogens with zero attached hydrogens (tertiary/aromatic N) is 4. The average Bonchev–Trinajstić information content (AvgIpc) is 3.28. The lowest BCUT2D eigenvalue weighted by atomic mass is 9.95. The molecular formula is C30H40BrN5O4. The molecule has 4 rings (SSSR count). The van der Waals surface area contributed by atoms with E-state index in [1.807, 2.05) is 62.2 Å². The van der Waals surface area contributed by atoms with Crippen LogP contribution in [0.25, 0.3) is 11.0 Å². The van der Waals surface area contributed by atoms with Gasteiger partial charge in [0.15, 0.2) is 0 Å². The Balaban J connectivity index is 1.49. The maximum atomic E-state index is 13.6. The molecule has 0 radical (unpaired) electrons. The van der Waals surface area contributed by atoms with Crippen LogP contribution in [0.4, 0.5) is 4.79 Å². The molecule has 216 valence electrons. The quantitative estimate of drug-likeness (QED) is 0.305. The van der Waals surface area contributed by atoms with Crippen molar-refractivity contribution in [3.05, 3.63) is 58.6 Å². The third kappa shape index (κ3) is 8.27. The van der Waals surface area contributed by atoms with E-state index in [1.165, 1.54) is 0 Å². The lowest BCUT2D eigenvalue weighted by Crippen LogP contribution is -2.46. The molecule has 1 aromatic carbocycles. The van der Waals surface area contributed by atoms with Crippen LogP contribution >= 0.6 is 15.9 Å². The molecule has 0 bridgehead atoms. The highest BCUT2D eigenvalue weighted by atomic mass is 79.9. The summed E-state index contributed by atoms with van der Waals surface area (Å²) >= 11 is 3.47. The Morgan fingerprint density at radius 1 is 1.20 bits per heavy atom. The van der Waals surface area contributed by atoms with Gasteiger partial charge in [-0.2, -0.15) is 0 Å². The lowest BCUT2D eigenvalue weighted by Gasteiger charge is -2.34.